The molecule has 1 aromatic rings. The summed E-state index contributed by atoms with van der Waals surface area (Å²) in [4.78, 5) is 13.8. The summed E-state index contributed by atoms with van der Waals surface area (Å²) in [5.74, 6) is 1.97. The number of rotatable bonds is 4. The Morgan fingerprint density at radius 2 is 2.00 bits per heavy atom. The van der Waals surface area contributed by atoms with E-state index in [4.69, 9.17) is 4.99 Å². The first-order valence-electron chi connectivity index (χ1n) is 9.12. The van der Waals surface area contributed by atoms with Crippen LogP contribution >= 0.6 is 0 Å². The van der Waals surface area contributed by atoms with Gasteiger partial charge in [0.1, 0.15) is 5.82 Å². The van der Waals surface area contributed by atoms with Crippen LogP contribution in [0.3, 0.4) is 0 Å². The summed E-state index contributed by atoms with van der Waals surface area (Å²) in [5, 5.41) is 13.9. The molecule has 0 bridgehead atoms. The standard InChI is InChI=1S/C18H29N5O/c1-2-19-17(21-15-18(24)8-4-5-9-18)23-13-11-22(12-14-23)16-7-3-6-10-20-16/h3,6-7,10,24H,2,4-5,8-9,11-15H2,1H3,(H,19,21). The Hall–Kier alpha value is -1.82. The van der Waals surface area contributed by atoms with Gasteiger partial charge >= 0.3 is 0 Å². The molecule has 0 aromatic carbocycles. The van der Waals surface area contributed by atoms with E-state index in [9.17, 15) is 5.11 Å². The van der Waals surface area contributed by atoms with E-state index in [0.717, 1.165) is 70.2 Å². The zero-order valence-electron chi connectivity index (χ0n) is 14.6. The second-order valence-corrected chi connectivity index (χ2v) is 6.76. The number of pyridine rings is 1. The molecular formula is C18H29N5O. The van der Waals surface area contributed by atoms with Gasteiger partial charge in [-0.2, -0.15) is 0 Å². The molecule has 24 heavy (non-hydrogen) atoms. The van der Waals surface area contributed by atoms with Crippen molar-refractivity contribution in [1.82, 2.24) is 15.2 Å². The van der Waals surface area contributed by atoms with Crippen LogP contribution in [0.1, 0.15) is 32.6 Å². The van der Waals surface area contributed by atoms with E-state index in [1.54, 1.807) is 0 Å². The first-order valence-corrected chi connectivity index (χ1v) is 9.12. The van der Waals surface area contributed by atoms with Crippen molar-refractivity contribution in [3.63, 3.8) is 0 Å². The van der Waals surface area contributed by atoms with E-state index in [1.165, 1.54) is 0 Å². The van der Waals surface area contributed by atoms with Crippen molar-refractivity contribution in [2.24, 2.45) is 4.99 Å². The van der Waals surface area contributed by atoms with Gasteiger partial charge in [-0.1, -0.05) is 18.9 Å². The van der Waals surface area contributed by atoms with E-state index in [1.807, 2.05) is 18.3 Å². The molecule has 1 saturated heterocycles. The molecule has 2 N–H and O–H groups in total. The summed E-state index contributed by atoms with van der Waals surface area (Å²) in [6.07, 6.45) is 5.83. The van der Waals surface area contributed by atoms with Crippen LogP contribution in [0.25, 0.3) is 0 Å². The molecule has 2 heterocycles. The minimum Gasteiger partial charge on any atom is -0.388 e. The van der Waals surface area contributed by atoms with Gasteiger partial charge in [-0.15, -0.1) is 0 Å². The highest BCUT2D eigenvalue weighted by atomic mass is 16.3. The zero-order valence-corrected chi connectivity index (χ0v) is 14.6. The Kier molecular flexibility index (Phi) is 5.56. The maximum absolute atomic E-state index is 10.5. The highest BCUT2D eigenvalue weighted by Gasteiger charge is 2.31. The van der Waals surface area contributed by atoms with Crippen LogP contribution in [0, 0.1) is 0 Å². The van der Waals surface area contributed by atoms with Crippen molar-refractivity contribution in [3.05, 3.63) is 24.4 Å². The number of aliphatic imine (C=N–C) groups is 1. The number of aromatic nitrogens is 1. The Bertz CT molecular complexity index is 534. The minimum atomic E-state index is -0.587. The molecule has 3 rings (SSSR count). The number of aliphatic hydroxyl groups is 1. The molecule has 0 amide bonds. The third-order valence-electron chi connectivity index (χ3n) is 4.94. The maximum Gasteiger partial charge on any atom is 0.194 e. The number of anilines is 1. The van der Waals surface area contributed by atoms with Gasteiger partial charge in [-0.3, -0.25) is 4.99 Å². The summed E-state index contributed by atoms with van der Waals surface area (Å²) in [6.45, 7) is 7.15. The number of guanidine groups is 1. The summed E-state index contributed by atoms with van der Waals surface area (Å²) in [6, 6.07) is 6.04. The van der Waals surface area contributed by atoms with E-state index >= 15 is 0 Å². The van der Waals surface area contributed by atoms with Gasteiger partial charge in [-0.25, -0.2) is 4.98 Å². The van der Waals surface area contributed by atoms with Gasteiger partial charge in [-0.05, 0) is 31.9 Å². The fourth-order valence-corrected chi connectivity index (χ4v) is 3.53. The van der Waals surface area contributed by atoms with Crippen molar-refractivity contribution in [3.8, 4) is 0 Å². The van der Waals surface area contributed by atoms with Crippen LogP contribution in [-0.2, 0) is 0 Å². The number of hydrogen-bond donors (Lipinski definition) is 2. The lowest BCUT2D eigenvalue weighted by molar-refractivity contribution is 0.0571. The predicted molar refractivity (Wildman–Crippen MR) is 97.4 cm³/mol. The topological polar surface area (TPSA) is 64.0 Å². The quantitative estimate of drug-likeness (QED) is 0.646. The first kappa shape index (κ1) is 17.0. The van der Waals surface area contributed by atoms with E-state index < -0.39 is 5.60 Å². The Morgan fingerprint density at radius 1 is 1.25 bits per heavy atom. The molecule has 1 aliphatic heterocycles. The number of nitrogens with one attached hydrogen (secondary N) is 1. The zero-order chi connectivity index (χ0) is 16.8. The molecule has 6 heteroatoms. The number of hydrogen-bond acceptors (Lipinski definition) is 4. The Balaban J connectivity index is 1.59. The highest BCUT2D eigenvalue weighted by molar-refractivity contribution is 5.80. The van der Waals surface area contributed by atoms with Crippen LogP contribution in [0.2, 0.25) is 0 Å². The lowest BCUT2D eigenvalue weighted by Gasteiger charge is -2.37. The largest absolute Gasteiger partial charge is 0.388 e. The van der Waals surface area contributed by atoms with Crippen molar-refractivity contribution in [1.29, 1.82) is 0 Å². The Morgan fingerprint density at radius 3 is 2.62 bits per heavy atom. The first-order chi connectivity index (χ1) is 11.7. The van der Waals surface area contributed by atoms with E-state index in [-0.39, 0.29) is 0 Å². The van der Waals surface area contributed by atoms with Gasteiger partial charge in [0.05, 0.1) is 12.1 Å². The highest BCUT2D eigenvalue weighted by Crippen LogP contribution is 2.29. The van der Waals surface area contributed by atoms with Gasteiger partial charge < -0.3 is 20.2 Å². The third kappa shape index (κ3) is 4.17. The molecule has 132 valence electrons. The van der Waals surface area contributed by atoms with Crippen LogP contribution in [-0.4, -0.2) is 65.8 Å². The molecule has 0 spiro atoms. The molecule has 0 atom stereocenters. The van der Waals surface area contributed by atoms with Crippen LogP contribution < -0.4 is 10.2 Å². The second-order valence-electron chi connectivity index (χ2n) is 6.76. The lowest BCUT2D eigenvalue weighted by Crippen LogP contribution is -2.53. The summed E-state index contributed by atoms with van der Waals surface area (Å²) >= 11 is 0. The van der Waals surface area contributed by atoms with E-state index in [0.29, 0.717) is 6.54 Å². The van der Waals surface area contributed by atoms with Gasteiger partial charge in [0.25, 0.3) is 0 Å². The average Bonchev–Trinajstić information content (AvgIpc) is 3.06. The fraction of sp³-hybridized carbons (Fsp3) is 0.667. The summed E-state index contributed by atoms with van der Waals surface area (Å²) < 4.78 is 0. The van der Waals surface area contributed by atoms with Crippen LogP contribution in [0.15, 0.2) is 29.4 Å². The normalized spacial score (nSPS) is 21.2. The fourth-order valence-electron chi connectivity index (χ4n) is 3.53. The van der Waals surface area contributed by atoms with Gasteiger partial charge in [0.2, 0.25) is 0 Å². The lowest BCUT2D eigenvalue weighted by atomic mass is 10.0. The summed E-state index contributed by atoms with van der Waals surface area (Å²) in [5.41, 5.74) is -0.587. The van der Waals surface area contributed by atoms with Crippen molar-refractivity contribution in [2.75, 3.05) is 44.2 Å². The third-order valence-corrected chi connectivity index (χ3v) is 4.94. The van der Waals surface area contributed by atoms with Crippen molar-refractivity contribution in [2.45, 2.75) is 38.2 Å². The van der Waals surface area contributed by atoms with E-state index in [2.05, 4.69) is 33.1 Å². The monoisotopic (exact) mass is 331 g/mol. The molecule has 1 saturated carbocycles. The molecule has 1 aromatic heterocycles. The molecule has 6 nitrogen and oxygen atoms in total. The number of piperazine rings is 1. The SMILES string of the molecule is CCNC(=NCC1(O)CCCC1)N1CCN(c2ccccn2)CC1. The average molecular weight is 331 g/mol. The van der Waals surface area contributed by atoms with Crippen LogP contribution in [0.4, 0.5) is 5.82 Å². The van der Waals surface area contributed by atoms with Crippen molar-refractivity contribution < 1.29 is 5.11 Å². The molecule has 0 unspecified atom stereocenters. The van der Waals surface area contributed by atoms with Crippen molar-refractivity contribution >= 4 is 11.8 Å². The molecular weight excluding hydrogens is 302 g/mol. The van der Waals surface area contributed by atoms with Gasteiger partial charge in [0.15, 0.2) is 5.96 Å². The molecule has 2 fully saturated rings. The molecule has 2 aliphatic rings. The number of nitrogens with zero attached hydrogens (tertiary/aromatic N) is 4. The Labute approximate surface area is 144 Å². The second kappa shape index (κ2) is 7.83. The molecule has 0 radical (unpaired) electrons. The van der Waals surface area contributed by atoms with Gasteiger partial charge in [0, 0.05) is 38.9 Å². The smallest absolute Gasteiger partial charge is 0.194 e. The van der Waals surface area contributed by atoms with Crippen LogP contribution in [0.5, 0.6) is 0 Å². The maximum atomic E-state index is 10.5. The minimum absolute atomic E-state index is 0.510. The predicted octanol–water partition coefficient (Wildman–Crippen LogP) is 1.47. The molecule has 1 aliphatic carbocycles. The summed E-state index contributed by atoms with van der Waals surface area (Å²) in [7, 11) is 0.